The maximum atomic E-state index is 14.5. The Balaban J connectivity index is 1.54. The number of rotatable bonds is 3. The van der Waals surface area contributed by atoms with Crippen molar-refractivity contribution in [1.29, 1.82) is 0 Å². The zero-order valence-electron chi connectivity index (χ0n) is 20.4. The Kier molecular flexibility index (Phi) is 5.22. The van der Waals surface area contributed by atoms with Gasteiger partial charge in [-0.25, -0.2) is 4.79 Å². The van der Waals surface area contributed by atoms with Crippen LogP contribution in [0.15, 0.2) is 36.4 Å². The Labute approximate surface area is 201 Å². The van der Waals surface area contributed by atoms with Crippen LogP contribution in [0, 0.1) is 34.0 Å². The fourth-order valence-corrected chi connectivity index (χ4v) is 8.17. The van der Waals surface area contributed by atoms with E-state index in [-0.39, 0.29) is 35.9 Å². The first kappa shape index (κ1) is 23.7. The Morgan fingerprint density at radius 1 is 0.971 bits per heavy atom. The van der Waals surface area contributed by atoms with E-state index in [9.17, 15) is 24.9 Å². The lowest BCUT2D eigenvalue weighted by Gasteiger charge is -2.72. The third-order valence-electron chi connectivity index (χ3n) is 10.4. The average Bonchev–Trinajstić information content (AvgIpc) is 3.14. The fraction of sp³-hybridized carbons (Fsp3) is 0.643. The highest BCUT2D eigenvalue weighted by Gasteiger charge is 2.80. The van der Waals surface area contributed by atoms with E-state index in [1.54, 1.807) is 6.08 Å². The molecule has 1 aromatic carbocycles. The molecular formula is C28H36O6. The van der Waals surface area contributed by atoms with Gasteiger partial charge < -0.3 is 20.1 Å². The van der Waals surface area contributed by atoms with Crippen molar-refractivity contribution in [3.05, 3.63) is 42.0 Å². The molecule has 0 bridgehead atoms. The number of ketones is 1. The smallest absolute Gasteiger partial charge is 0.331 e. The third kappa shape index (κ3) is 2.79. The Bertz CT molecular complexity index is 1030. The fourth-order valence-electron chi connectivity index (χ4n) is 8.17. The highest BCUT2D eigenvalue weighted by molar-refractivity contribution is 5.99. The van der Waals surface area contributed by atoms with Gasteiger partial charge in [0.15, 0.2) is 11.4 Å². The van der Waals surface area contributed by atoms with E-state index >= 15 is 0 Å². The van der Waals surface area contributed by atoms with Crippen LogP contribution in [0.2, 0.25) is 0 Å². The van der Waals surface area contributed by atoms with Crippen LogP contribution in [0.25, 0.3) is 6.08 Å². The molecular weight excluding hydrogens is 432 g/mol. The zero-order chi connectivity index (χ0) is 24.7. The van der Waals surface area contributed by atoms with Crippen LogP contribution in [0.1, 0.15) is 58.9 Å². The second kappa shape index (κ2) is 7.49. The van der Waals surface area contributed by atoms with Crippen LogP contribution >= 0.6 is 0 Å². The molecule has 5 rings (SSSR count). The lowest BCUT2D eigenvalue weighted by molar-refractivity contribution is -0.294. The standard InChI is InChI=1S/C28H36O6/c1-25(2)17-12-14-26(3)23(32)21-18(29)13-15-28(21,24(33)27(26,4)20(17)22(25)31)34-19(30)11-10-16-8-6-5-7-9-16/h5-11,17-18,20-23,29,31-32H,12-15H2,1-4H3/b11-10+/t17?,18-,20?,21?,22-,23+,26-,27+,28+/m0/s1. The molecule has 0 spiro atoms. The number of Topliss-reactive ketones (excluding diaryl/α,β-unsaturated/α-hetero) is 1. The van der Waals surface area contributed by atoms with Crippen molar-refractivity contribution in [1.82, 2.24) is 0 Å². The number of hydrogen-bond donors (Lipinski definition) is 3. The van der Waals surface area contributed by atoms with E-state index in [0.717, 1.165) is 12.0 Å². The molecule has 0 aliphatic heterocycles. The minimum atomic E-state index is -1.60. The maximum absolute atomic E-state index is 14.5. The Morgan fingerprint density at radius 2 is 1.65 bits per heavy atom. The molecule has 4 fully saturated rings. The summed E-state index contributed by atoms with van der Waals surface area (Å²) in [5.74, 6) is -1.98. The van der Waals surface area contributed by atoms with Gasteiger partial charge in [-0.2, -0.15) is 0 Å². The molecule has 0 saturated heterocycles. The molecule has 4 saturated carbocycles. The quantitative estimate of drug-likeness (QED) is 0.465. The lowest BCUT2D eigenvalue weighted by Crippen LogP contribution is -2.79. The van der Waals surface area contributed by atoms with Crippen LogP contribution in [0.3, 0.4) is 0 Å². The summed E-state index contributed by atoms with van der Waals surface area (Å²) in [4.78, 5) is 27.5. The summed E-state index contributed by atoms with van der Waals surface area (Å²) < 4.78 is 5.95. The Morgan fingerprint density at radius 3 is 2.32 bits per heavy atom. The van der Waals surface area contributed by atoms with Crippen molar-refractivity contribution >= 4 is 17.8 Å². The first-order chi connectivity index (χ1) is 15.9. The van der Waals surface area contributed by atoms with E-state index in [1.165, 1.54) is 6.08 Å². The number of hydrogen-bond acceptors (Lipinski definition) is 6. The topological polar surface area (TPSA) is 104 Å². The number of fused-ring (bicyclic) bond motifs is 4. The highest BCUT2D eigenvalue weighted by atomic mass is 16.6. The monoisotopic (exact) mass is 468 g/mol. The van der Waals surface area contributed by atoms with Gasteiger partial charge in [-0.3, -0.25) is 4.79 Å². The molecule has 6 heteroatoms. The van der Waals surface area contributed by atoms with Crippen molar-refractivity contribution in [3.63, 3.8) is 0 Å². The molecule has 0 aromatic heterocycles. The van der Waals surface area contributed by atoms with E-state index in [0.29, 0.717) is 6.42 Å². The molecule has 1 aromatic rings. The van der Waals surface area contributed by atoms with Crippen molar-refractivity contribution < 1.29 is 29.6 Å². The first-order valence-electron chi connectivity index (χ1n) is 12.5. The minimum Gasteiger partial charge on any atom is -0.447 e. The van der Waals surface area contributed by atoms with Gasteiger partial charge in [0.25, 0.3) is 0 Å². The predicted molar refractivity (Wildman–Crippen MR) is 126 cm³/mol. The van der Waals surface area contributed by atoms with Crippen molar-refractivity contribution in [2.24, 2.45) is 34.0 Å². The van der Waals surface area contributed by atoms with E-state index in [4.69, 9.17) is 4.74 Å². The molecule has 0 radical (unpaired) electrons. The van der Waals surface area contributed by atoms with Crippen LogP contribution in [0.5, 0.6) is 0 Å². The number of esters is 1. The summed E-state index contributed by atoms with van der Waals surface area (Å²) >= 11 is 0. The summed E-state index contributed by atoms with van der Waals surface area (Å²) in [6, 6.07) is 9.32. The maximum Gasteiger partial charge on any atom is 0.331 e. The van der Waals surface area contributed by atoms with Crippen LogP contribution in [-0.4, -0.2) is 51.0 Å². The van der Waals surface area contributed by atoms with Gasteiger partial charge in [-0.1, -0.05) is 58.0 Å². The second-order valence-corrected chi connectivity index (χ2v) is 12.0. The number of carbonyl (C=O) groups is 2. The number of aliphatic hydroxyl groups is 3. The van der Waals surface area contributed by atoms with Crippen molar-refractivity contribution in [2.45, 2.75) is 77.3 Å². The normalized spacial score (nSPS) is 46.9. The van der Waals surface area contributed by atoms with E-state index in [1.807, 2.05) is 58.0 Å². The molecule has 9 atom stereocenters. The number of benzene rings is 1. The lowest BCUT2D eigenvalue weighted by atomic mass is 9.32. The van der Waals surface area contributed by atoms with E-state index < -0.39 is 46.6 Å². The molecule has 0 amide bonds. The van der Waals surface area contributed by atoms with Gasteiger partial charge in [-0.05, 0) is 48.7 Å². The van der Waals surface area contributed by atoms with Gasteiger partial charge in [0.2, 0.25) is 0 Å². The molecule has 6 nitrogen and oxygen atoms in total. The second-order valence-electron chi connectivity index (χ2n) is 12.0. The highest BCUT2D eigenvalue weighted by Crippen LogP contribution is 2.73. The Hall–Kier alpha value is -2.02. The van der Waals surface area contributed by atoms with E-state index in [2.05, 4.69) is 0 Å². The van der Waals surface area contributed by atoms with Crippen molar-refractivity contribution in [3.8, 4) is 0 Å². The summed E-state index contributed by atoms with van der Waals surface area (Å²) in [6.45, 7) is 7.82. The number of ether oxygens (including phenoxy) is 1. The van der Waals surface area contributed by atoms with Crippen LogP contribution in [0.4, 0.5) is 0 Å². The van der Waals surface area contributed by atoms with Gasteiger partial charge in [0, 0.05) is 22.8 Å². The SMILES string of the molecule is CC1(C)C2CC[C@@]3(C)[C@H](O)C4[C@@H](O)CC[C@]4(OC(=O)/C=C/c4ccccc4)C(=O)[C@@]3(C)C2[C@@H]1O. The van der Waals surface area contributed by atoms with Crippen LogP contribution in [-0.2, 0) is 14.3 Å². The first-order valence-corrected chi connectivity index (χ1v) is 12.5. The zero-order valence-corrected chi connectivity index (χ0v) is 20.4. The average molecular weight is 469 g/mol. The molecule has 3 N–H and O–H groups in total. The van der Waals surface area contributed by atoms with Gasteiger partial charge in [0.1, 0.15) is 0 Å². The molecule has 34 heavy (non-hydrogen) atoms. The van der Waals surface area contributed by atoms with Crippen molar-refractivity contribution in [2.75, 3.05) is 0 Å². The van der Waals surface area contributed by atoms with Gasteiger partial charge in [0.05, 0.1) is 24.2 Å². The molecule has 3 unspecified atom stereocenters. The number of aliphatic hydroxyl groups excluding tert-OH is 3. The van der Waals surface area contributed by atoms with Crippen LogP contribution < -0.4 is 0 Å². The minimum absolute atomic E-state index is 0.144. The molecule has 4 aliphatic rings. The number of carbonyl (C=O) groups excluding carboxylic acids is 2. The summed E-state index contributed by atoms with van der Waals surface area (Å²) in [5, 5.41) is 33.8. The van der Waals surface area contributed by atoms with Gasteiger partial charge >= 0.3 is 5.97 Å². The molecule has 0 heterocycles. The summed E-state index contributed by atoms with van der Waals surface area (Å²) in [6.07, 6.45) is 2.14. The molecule has 184 valence electrons. The summed E-state index contributed by atoms with van der Waals surface area (Å²) in [5.41, 5.74) is -2.99. The summed E-state index contributed by atoms with van der Waals surface area (Å²) in [7, 11) is 0. The predicted octanol–water partition coefficient (Wildman–Crippen LogP) is 3.14. The largest absolute Gasteiger partial charge is 0.447 e. The molecule has 4 aliphatic carbocycles. The van der Waals surface area contributed by atoms with Gasteiger partial charge in [-0.15, -0.1) is 0 Å². The third-order valence-corrected chi connectivity index (χ3v) is 10.4.